The molecule has 2 aromatic carbocycles. The number of anilines is 1. The summed E-state index contributed by atoms with van der Waals surface area (Å²) >= 11 is 13.1. The number of Topliss-reactive ketones (excluding diaryl/α,β-unsaturated/α-hetero) is 2. The first-order valence-corrected chi connectivity index (χ1v) is 22.8. The van der Waals surface area contributed by atoms with Gasteiger partial charge < -0.3 is 20.9 Å². The monoisotopic (exact) mass is 976 g/mol. The first-order chi connectivity index (χ1) is 29.3. The van der Waals surface area contributed by atoms with Crippen LogP contribution in [-0.4, -0.2) is 115 Å². The third kappa shape index (κ3) is 11.4. The zero-order valence-corrected chi connectivity index (χ0v) is 39.7. The van der Waals surface area contributed by atoms with Crippen molar-refractivity contribution < 1.29 is 9.59 Å². The molecule has 8 rings (SSSR count). The smallest absolute Gasteiger partial charge is 0.225 e. The molecule has 0 fully saturated rings. The normalized spacial score (nSPS) is 15.6. The van der Waals surface area contributed by atoms with E-state index < -0.39 is 5.92 Å². The highest BCUT2D eigenvalue weighted by atomic mass is 79.9. The lowest BCUT2D eigenvalue weighted by Crippen LogP contribution is -2.18. The standard InChI is InChI=1S/C22H27BrN6O.C17H14BrClN4O.C5H14N2/c1-4-9-29-13-17-20(19-16-12-15(23)7-6-14(16)11-18(19)30)25-22(26-21(17)27-29)24-8-5-10-28(2)3;1-2-5-23-8-12-15(20-17(19)21-16(12)22-23)14-11-7-10(18)4-3-9(11)6-13(14)24;1-7(2)5-3-4-6/h6-7,12-13,19H,4-5,8-11H2,1-3H3,(H,24,26,27);3-4,7-8,14H,2,5-6H2,1H3;3-6H2,1-2H3. The lowest BCUT2D eigenvalue weighted by Gasteiger charge is -2.14. The van der Waals surface area contributed by atoms with Crippen molar-refractivity contribution in [1.29, 1.82) is 0 Å². The van der Waals surface area contributed by atoms with Gasteiger partial charge in [0.15, 0.2) is 22.9 Å². The molecule has 2 aliphatic carbocycles. The summed E-state index contributed by atoms with van der Waals surface area (Å²) in [4.78, 5) is 48.1. The summed E-state index contributed by atoms with van der Waals surface area (Å²) in [5.41, 5.74) is 11.9. The molecular weight excluding hydrogens is 924 g/mol. The lowest BCUT2D eigenvalue weighted by molar-refractivity contribution is -0.119. The molecule has 14 nitrogen and oxygen atoms in total. The molecule has 2 atom stereocenters. The first kappa shape index (κ1) is 46.3. The van der Waals surface area contributed by atoms with Gasteiger partial charge in [-0.1, -0.05) is 57.8 Å². The van der Waals surface area contributed by atoms with Crippen molar-refractivity contribution >= 4 is 83.0 Å². The van der Waals surface area contributed by atoms with E-state index in [9.17, 15) is 9.59 Å². The number of nitrogens with one attached hydrogen (secondary N) is 1. The number of hydrogen-bond donors (Lipinski definition) is 2. The maximum atomic E-state index is 13.0. The molecule has 3 N–H and O–H groups in total. The van der Waals surface area contributed by atoms with E-state index in [1.54, 1.807) is 0 Å². The fourth-order valence-electron chi connectivity index (χ4n) is 7.65. The van der Waals surface area contributed by atoms with E-state index >= 15 is 0 Å². The molecule has 17 heteroatoms. The zero-order chi connectivity index (χ0) is 43.8. The Bertz CT molecular complexity index is 2490. The number of aromatic nitrogens is 8. The van der Waals surface area contributed by atoms with Crippen molar-refractivity contribution in [3.8, 4) is 0 Å². The van der Waals surface area contributed by atoms with Crippen LogP contribution >= 0.6 is 43.5 Å². The second-order valence-corrected chi connectivity index (χ2v) is 18.1. The molecule has 0 saturated carbocycles. The molecule has 2 unspecified atom stereocenters. The number of hydrogen-bond acceptors (Lipinski definition) is 12. The highest BCUT2D eigenvalue weighted by Crippen LogP contribution is 2.40. The van der Waals surface area contributed by atoms with Gasteiger partial charge in [-0.25, -0.2) is 9.97 Å². The third-order valence-electron chi connectivity index (χ3n) is 10.4. The summed E-state index contributed by atoms with van der Waals surface area (Å²) in [5, 5.41) is 14.2. The van der Waals surface area contributed by atoms with Crippen LogP contribution in [0.1, 0.15) is 85.0 Å². The molecule has 61 heavy (non-hydrogen) atoms. The molecular formula is C44H55Br2ClN12O2. The number of aryl methyl sites for hydroxylation is 2. The van der Waals surface area contributed by atoms with Gasteiger partial charge in [-0.05, 0) is 132 Å². The van der Waals surface area contributed by atoms with E-state index in [1.807, 2.05) is 58.2 Å². The fourth-order valence-corrected chi connectivity index (χ4v) is 8.58. The molecule has 0 aliphatic heterocycles. The van der Waals surface area contributed by atoms with E-state index in [1.165, 1.54) is 0 Å². The molecule has 6 aromatic rings. The summed E-state index contributed by atoms with van der Waals surface area (Å²) in [7, 11) is 8.22. The second-order valence-electron chi connectivity index (χ2n) is 15.9. The van der Waals surface area contributed by atoms with Crippen molar-refractivity contribution in [2.45, 2.75) is 77.3 Å². The molecule has 0 radical (unpaired) electrons. The Morgan fingerprint density at radius 3 is 1.70 bits per heavy atom. The minimum absolute atomic E-state index is 0.121. The maximum Gasteiger partial charge on any atom is 0.225 e. The Labute approximate surface area is 379 Å². The van der Waals surface area contributed by atoms with Crippen LogP contribution in [0.15, 0.2) is 57.7 Å². The Kier molecular flexibility index (Phi) is 16.1. The molecule has 0 saturated heterocycles. The highest BCUT2D eigenvalue weighted by Gasteiger charge is 2.36. The van der Waals surface area contributed by atoms with Gasteiger partial charge in [0.1, 0.15) is 0 Å². The van der Waals surface area contributed by atoms with Crippen molar-refractivity contribution in [3.63, 3.8) is 0 Å². The van der Waals surface area contributed by atoms with E-state index in [-0.39, 0.29) is 22.8 Å². The SMILES string of the molecule is CCCn1cc2c(C3C(=O)Cc4ccc(Br)cc43)nc(Cl)nc2n1.CCCn1cc2c(C3C(=O)Cc4ccc(Br)cc43)nc(NCCCN(C)C)nc2n1.CN(C)CCCN. The number of carbonyl (C=O) groups is 2. The minimum atomic E-state index is -0.417. The van der Waals surface area contributed by atoms with Gasteiger partial charge in [0.05, 0.1) is 34.0 Å². The zero-order valence-electron chi connectivity index (χ0n) is 35.8. The minimum Gasteiger partial charge on any atom is -0.354 e. The molecule has 4 heterocycles. The van der Waals surface area contributed by atoms with Crippen LogP contribution in [0.3, 0.4) is 0 Å². The largest absolute Gasteiger partial charge is 0.354 e. The first-order valence-electron chi connectivity index (χ1n) is 20.8. The number of benzene rings is 2. The van der Waals surface area contributed by atoms with E-state index in [0.717, 1.165) is 113 Å². The van der Waals surface area contributed by atoms with Gasteiger partial charge in [0.2, 0.25) is 11.2 Å². The Morgan fingerprint density at radius 2 is 1.23 bits per heavy atom. The number of nitrogens with two attached hydrogens (primary N) is 1. The Morgan fingerprint density at radius 1 is 0.738 bits per heavy atom. The summed E-state index contributed by atoms with van der Waals surface area (Å²) in [6, 6.07) is 12.0. The fraction of sp³-hybridized carbons (Fsp3) is 0.455. The van der Waals surface area contributed by atoms with Gasteiger partial charge in [0, 0.05) is 53.8 Å². The Hall–Kier alpha value is -4.19. The quantitative estimate of drug-likeness (QED) is 0.0821. The van der Waals surface area contributed by atoms with Crippen LogP contribution in [0.5, 0.6) is 0 Å². The molecule has 324 valence electrons. The van der Waals surface area contributed by atoms with Crippen LogP contribution in [0.4, 0.5) is 5.95 Å². The van der Waals surface area contributed by atoms with Crippen molar-refractivity contribution in [3.05, 3.63) is 96.7 Å². The van der Waals surface area contributed by atoms with Crippen LogP contribution in [0.25, 0.3) is 22.1 Å². The number of halogens is 3. The number of ketones is 2. The number of rotatable bonds is 14. The topological polar surface area (TPSA) is 166 Å². The molecule has 0 bridgehead atoms. The number of carbonyl (C=O) groups excluding carboxylic acids is 2. The van der Waals surface area contributed by atoms with Crippen molar-refractivity contribution in [2.75, 3.05) is 59.7 Å². The van der Waals surface area contributed by atoms with E-state index in [2.05, 4.69) is 114 Å². The van der Waals surface area contributed by atoms with Gasteiger partial charge in [-0.2, -0.15) is 20.2 Å². The lowest BCUT2D eigenvalue weighted by atomic mass is 9.95. The maximum absolute atomic E-state index is 13.0. The summed E-state index contributed by atoms with van der Waals surface area (Å²) in [5.74, 6) is 0.0333. The average molecular weight is 979 g/mol. The third-order valence-corrected chi connectivity index (χ3v) is 11.6. The molecule has 0 amide bonds. The van der Waals surface area contributed by atoms with Crippen LogP contribution in [0.2, 0.25) is 5.28 Å². The van der Waals surface area contributed by atoms with Crippen LogP contribution in [0, 0.1) is 0 Å². The molecule has 2 aliphatic rings. The number of nitrogens with zero attached hydrogens (tertiary/aromatic N) is 10. The van der Waals surface area contributed by atoms with Gasteiger partial charge in [-0.3, -0.25) is 19.0 Å². The summed E-state index contributed by atoms with van der Waals surface area (Å²) in [6.07, 6.45) is 8.76. The summed E-state index contributed by atoms with van der Waals surface area (Å²) in [6.45, 7) is 9.45. The van der Waals surface area contributed by atoms with E-state index in [4.69, 9.17) is 22.3 Å². The van der Waals surface area contributed by atoms with Crippen molar-refractivity contribution in [2.24, 2.45) is 5.73 Å². The second kappa shape index (κ2) is 21.3. The van der Waals surface area contributed by atoms with Gasteiger partial charge >= 0.3 is 0 Å². The number of fused-ring (bicyclic) bond motifs is 4. The van der Waals surface area contributed by atoms with Crippen LogP contribution < -0.4 is 11.1 Å². The van der Waals surface area contributed by atoms with Crippen LogP contribution in [-0.2, 0) is 35.5 Å². The molecule has 0 spiro atoms. The van der Waals surface area contributed by atoms with Crippen molar-refractivity contribution in [1.82, 2.24) is 49.3 Å². The highest BCUT2D eigenvalue weighted by molar-refractivity contribution is 9.10. The van der Waals surface area contributed by atoms with Gasteiger partial charge in [-0.15, -0.1) is 0 Å². The Balaban J connectivity index is 0.000000180. The predicted molar refractivity (Wildman–Crippen MR) is 250 cm³/mol. The van der Waals surface area contributed by atoms with Gasteiger partial charge in [0.25, 0.3) is 0 Å². The average Bonchev–Trinajstić information content (AvgIpc) is 3.97. The van der Waals surface area contributed by atoms with E-state index in [0.29, 0.717) is 35.8 Å². The summed E-state index contributed by atoms with van der Waals surface area (Å²) < 4.78 is 5.65. The predicted octanol–water partition coefficient (Wildman–Crippen LogP) is 7.43. The molecule has 4 aromatic heterocycles.